The molecule has 4 atom stereocenters. The molecule has 3 fully saturated rings. The van der Waals surface area contributed by atoms with Crippen LogP contribution in [0.4, 0.5) is 26.3 Å². The number of ether oxygens (including phenoxy) is 2. The van der Waals surface area contributed by atoms with E-state index in [4.69, 9.17) is 9.47 Å². The molecule has 6 rings (SSSR count). The zero-order chi connectivity index (χ0) is 42.8. The van der Waals surface area contributed by atoms with Crippen molar-refractivity contribution in [3.05, 3.63) is 75.7 Å². The van der Waals surface area contributed by atoms with Crippen LogP contribution in [0.3, 0.4) is 0 Å². The Hall–Kier alpha value is -4.40. The van der Waals surface area contributed by atoms with Crippen molar-refractivity contribution in [2.45, 2.75) is 126 Å². The third-order valence-electron chi connectivity index (χ3n) is 12.4. The highest BCUT2D eigenvalue weighted by Crippen LogP contribution is 2.48. The maximum Gasteiger partial charge on any atom is 0.425 e. The Labute approximate surface area is 342 Å². The number of hydrogen-bond donors (Lipinski definition) is 2. The van der Waals surface area contributed by atoms with Gasteiger partial charge in [0.05, 0.1) is 34.6 Å². The van der Waals surface area contributed by atoms with Crippen LogP contribution in [0.25, 0.3) is 0 Å². The molecule has 10 nitrogen and oxygen atoms in total. The molecule has 320 valence electrons. The molecule has 2 N–H and O–H groups in total. The second-order valence-corrected chi connectivity index (χ2v) is 16.9. The number of hydrogen-bond acceptors (Lipinski definition) is 9. The topological polar surface area (TPSA) is 136 Å². The van der Waals surface area contributed by atoms with Gasteiger partial charge in [-0.05, 0) is 76.8 Å². The Morgan fingerprint density at radius 1 is 1.03 bits per heavy atom. The molecule has 1 amide bonds. The van der Waals surface area contributed by atoms with Gasteiger partial charge in [-0.2, -0.15) is 31.6 Å². The fourth-order valence-electron chi connectivity index (χ4n) is 8.97. The molecule has 0 spiro atoms. The molecule has 4 heterocycles. The van der Waals surface area contributed by atoms with Crippen LogP contribution in [0, 0.1) is 16.7 Å². The largest absolute Gasteiger partial charge is 0.490 e. The molecule has 0 bridgehead atoms. The number of likely N-dealkylation sites (tertiary alicyclic amines) is 2. The van der Waals surface area contributed by atoms with E-state index in [0.29, 0.717) is 54.8 Å². The lowest BCUT2D eigenvalue weighted by Gasteiger charge is -2.52. The molecule has 4 unspecified atom stereocenters. The Morgan fingerprint density at radius 2 is 1.75 bits per heavy atom. The summed E-state index contributed by atoms with van der Waals surface area (Å²) in [6, 6.07) is 10.0. The van der Waals surface area contributed by atoms with Gasteiger partial charge in [-0.15, -0.1) is 11.3 Å². The number of thiophene rings is 1. The lowest BCUT2D eigenvalue weighted by molar-refractivity contribution is -0.174. The highest BCUT2D eigenvalue weighted by atomic mass is 32.1. The number of amides is 1. The van der Waals surface area contributed by atoms with Crippen LogP contribution in [0.2, 0.25) is 0 Å². The minimum Gasteiger partial charge on any atom is -0.490 e. The Bertz CT molecular complexity index is 2010. The number of carboxylic acids is 1. The van der Waals surface area contributed by atoms with Crippen LogP contribution in [0.5, 0.6) is 11.5 Å². The van der Waals surface area contributed by atoms with E-state index in [-0.39, 0.29) is 63.6 Å². The second kappa shape index (κ2) is 17.3. The second-order valence-electron chi connectivity index (χ2n) is 16.0. The van der Waals surface area contributed by atoms with Gasteiger partial charge in [0.2, 0.25) is 5.60 Å². The number of alkyl halides is 6. The molecule has 2 saturated heterocycles. The summed E-state index contributed by atoms with van der Waals surface area (Å²) in [7, 11) is 0. The zero-order valence-electron chi connectivity index (χ0n) is 32.8. The Kier molecular flexibility index (Phi) is 12.9. The first kappa shape index (κ1) is 44.2. The van der Waals surface area contributed by atoms with Gasteiger partial charge in [0.25, 0.3) is 5.91 Å². The van der Waals surface area contributed by atoms with Gasteiger partial charge in [-0.25, -0.2) is 0 Å². The van der Waals surface area contributed by atoms with Crippen molar-refractivity contribution in [3.8, 4) is 17.6 Å². The number of halogens is 6. The first-order valence-corrected chi connectivity index (χ1v) is 20.8. The summed E-state index contributed by atoms with van der Waals surface area (Å²) >= 11 is 0.384. The fourth-order valence-corrected chi connectivity index (χ4v) is 9.64. The highest BCUT2D eigenvalue weighted by molar-refractivity contribution is 7.10. The van der Waals surface area contributed by atoms with E-state index < -0.39 is 68.9 Å². The first-order valence-electron chi connectivity index (χ1n) is 19.9. The molecule has 17 heteroatoms. The first-order chi connectivity index (χ1) is 27.9. The third-order valence-corrected chi connectivity index (χ3v) is 13.3. The zero-order valence-corrected chi connectivity index (χ0v) is 33.6. The number of piperidine rings is 2. The van der Waals surface area contributed by atoms with Gasteiger partial charge in [0.15, 0.2) is 0 Å². The maximum absolute atomic E-state index is 15.1. The van der Waals surface area contributed by atoms with Crippen molar-refractivity contribution < 1.29 is 55.6 Å². The van der Waals surface area contributed by atoms with Crippen molar-refractivity contribution in [3.63, 3.8) is 0 Å². The summed E-state index contributed by atoms with van der Waals surface area (Å²) < 4.78 is 96.6. The van der Waals surface area contributed by atoms with Crippen LogP contribution < -0.4 is 9.47 Å². The maximum atomic E-state index is 15.1. The summed E-state index contributed by atoms with van der Waals surface area (Å²) in [5.41, 5.74) is -4.83. The number of aromatic nitrogens is 1. The fraction of sp³-hybridized carbons (Fsp3) is 0.571. The van der Waals surface area contributed by atoms with Crippen LogP contribution in [-0.4, -0.2) is 74.3 Å². The van der Waals surface area contributed by atoms with E-state index in [1.165, 1.54) is 9.80 Å². The molecule has 1 aromatic carbocycles. The Morgan fingerprint density at radius 3 is 2.34 bits per heavy atom. The molecule has 3 aromatic rings. The average Bonchev–Trinajstić information content (AvgIpc) is 3.67. The van der Waals surface area contributed by atoms with Gasteiger partial charge in [-0.3, -0.25) is 19.5 Å². The van der Waals surface area contributed by atoms with E-state index in [1.807, 2.05) is 6.92 Å². The monoisotopic (exact) mass is 850 g/mol. The highest BCUT2D eigenvalue weighted by Gasteiger charge is 2.57. The van der Waals surface area contributed by atoms with Crippen LogP contribution >= 0.6 is 11.3 Å². The predicted octanol–water partition coefficient (Wildman–Crippen LogP) is 9.14. The van der Waals surface area contributed by atoms with Crippen LogP contribution in [0.1, 0.15) is 112 Å². The minimum atomic E-state index is -4.84. The van der Waals surface area contributed by atoms with Crippen molar-refractivity contribution >= 4 is 23.2 Å². The number of aliphatic hydroxyl groups is 1. The predicted molar refractivity (Wildman–Crippen MR) is 204 cm³/mol. The molecule has 1 aliphatic carbocycles. The molecular formula is C42H48F6N4O6S. The molecule has 3 aliphatic rings. The molecular weight excluding hydrogens is 803 g/mol. The van der Waals surface area contributed by atoms with Gasteiger partial charge in [-0.1, -0.05) is 38.0 Å². The van der Waals surface area contributed by atoms with E-state index in [1.54, 1.807) is 31.2 Å². The third kappa shape index (κ3) is 8.90. The van der Waals surface area contributed by atoms with Gasteiger partial charge in [0.1, 0.15) is 22.6 Å². The van der Waals surface area contributed by atoms with Crippen LogP contribution in [-0.2, 0) is 27.4 Å². The standard InChI is InChI=1S/C42H48F6N4O6S/c1-3-8-33-40(58-28-23-34(59-25-28)42(46,47)48,15-7-20-52(33)35(53)29-24-50-19-12-30(29)41(43,44)45)36(54)51-21-17-39(26-49,18-22-51)31-9-4-5-10-32(31)57-27(2)11-16-38(37(55)56)13-6-14-38/h4-5,9-10,12,19,23-25,27,33,35,53H,3,6-8,11,13-18,20-22H2,1-2H3,(H,55,56). The number of aliphatic hydroxyl groups excluding tert-OH is 1. The lowest BCUT2D eigenvalue weighted by Crippen LogP contribution is -2.68. The number of carbonyl (C=O) groups excluding carboxylic acids is 1. The smallest absolute Gasteiger partial charge is 0.425 e. The van der Waals surface area contributed by atoms with E-state index in [9.17, 15) is 46.6 Å². The minimum absolute atomic E-state index is 0.00625. The van der Waals surface area contributed by atoms with Crippen molar-refractivity contribution in [1.82, 2.24) is 14.8 Å². The molecule has 59 heavy (non-hydrogen) atoms. The molecule has 2 aromatic heterocycles. The Balaban J connectivity index is 1.29. The van der Waals surface area contributed by atoms with Gasteiger partial charge < -0.3 is 24.6 Å². The summed E-state index contributed by atoms with van der Waals surface area (Å²) in [5.74, 6) is -1.19. The average molecular weight is 851 g/mol. The molecule has 0 radical (unpaired) electrons. The summed E-state index contributed by atoms with van der Waals surface area (Å²) in [4.78, 5) is 32.8. The van der Waals surface area contributed by atoms with Crippen LogP contribution in [0.15, 0.2) is 54.2 Å². The number of para-hydroxylation sites is 1. The summed E-state index contributed by atoms with van der Waals surface area (Å²) in [6.07, 6.45) is -5.93. The number of pyridine rings is 1. The number of nitrogens with zero attached hydrogens (tertiary/aromatic N) is 4. The summed E-state index contributed by atoms with van der Waals surface area (Å²) in [6.45, 7) is 3.75. The SMILES string of the molecule is CCCC1N(C(O)c2cnccc2C(F)(F)F)CCCC1(Oc1csc(C(F)(F)F)c1)C(=O)N1CCC(C#N)(c2ccccc2OC(C)CCC2(C(=O)O)CCC2)CC1. The van der Waals surface area contributed by atoms with E-state index >= 15 is 4.79 Å². The van der Waals surface area contributed by atoms with E-state index in [2.05, 4.69) is 11.1 Å². The number of nitriles is 1. The quantitative estimate of drug-likeness (QED) is 0.152. The number of rotatable bonds is 14. The van der Waals surface area contributed by atoms with Crippen molar-refractivity contribution in [2.75, 3.05) is 19.6 Å². The molecule has 1 saturated carbocycles. The number of carboxylic acid groups (broad SMARTS) is 1. The van der Waals surface area contributed by atoms with E-state index in [0.717, 1.165) is 36.3 Å². The van der Waals surface area contributed by atoms with Gasteiger partial charge >= 0.3 is 18.3 Å². The normalized spacial score (nSPS) is 23.1. The number of aliphatic carboxylic acids is 1. The van der Waals surface area contributed by atoms with Crippen molar-refractivity contribution in [1.29, 1.82) is 5.26 Å². The van der Waals surface area contributed by atoms with Gasteiger partial charge in [0, 0.05) is 54.6 Å². The number of carbonyl (C=O) groups is 2. The van der Waals surface area contributed by atoms with Crippen molar-refractivity contribution in [2.24, 2.45) is 5.41 Å². The molecule has 2 aliphatic heterocycles. The number of benzene rings is 1. The lowest BCUT2D eigenvalue weighted by atomic mass is 9.66. The summed E-state index contributed by atoms with van der Waals surface area (Å²) in [5, 5.41) is 33.4.